The smallest absolute Gasteiger partial charge is 0.241 e. The zero-order chi connectivity index (χ0) is 25.4. The molecule has 2 amide bonds. The Labute approximate surface area is 228 Å². The highest BCUT2D eigenvalue weighted by Gasteiger charge is 2.47. The first-order valence-electron chi connectivity index (χ1n) is 13.4. The third kappa shape index (κ3) is 5.81. The average Bonchev–Trinajstić information content (AvgIpc) is 3.42. The van der Waals surface area contributed by atoms with E-state index in [0.717, 1.165) is 32.2 Å². The maximum atomic E-state index is 13.5. The molecule has 5 aliphatic heterocycles. The topological polar surface area (TPSA) is 107 Å². The van der Waals surface area contributed by atoms with E-state index in [4.69, 9.17) is 27.9 Å². The normalized spacial score (nSPS) is 45.3. The highest BCUT2D eigenvalue weighted by molar-refractivity contribution is 8.00. The van der Waals surface area contributed by atoms with Crippen molar-refractivity contribution in [3.8, 4) is 0 Å². The lowest BCUT2D eigenvalue weighted by Gasteiger charge is -2.45. The molecule has 36 heavy (non-hydrogen) atoms. The third-order valence-electron chi connectivity index (χ3n) is 8.69. The number of halogens is 2. The summed E-state index contributed by atoms with van der Waals surface area (Å²) in [5.41, 5.74) is -0.240. The number of ether oxygens (including phenoxy) is 1. The van der Waals surface area contributed by atoms with Crippen LogP contribution in [0.1, 0.15) is 32.6 Å². The molecule has 0 spiro atoms. The number of carbonyl (C=O) groups is 2. The van der Waals surface area contributed by atoms with Crippen LogP contribution in [0.2, 0.25) is 0 Å². The van der Waals surface area contributed by atoms with Crippen molar-refractivity contribution < 1.29 is 14.3 Å². The van der Waals surface area contributed by atoms with Crippen molar-refractivity contribution in [2.45, 2.75) is 78.5 Å². The molecule has 12 heteroatoms. The first kappa shape index (κ1) is 27.2. The molecule has 5 N–H and O–H groups in total. The number of rotatable bonds is 5. The van der Waals surface area contributed by atoms with Gasteiger partial charge in [-0.25, -0.2) is 0 Å². The zero-order valence-electron chi connectivity index (χ0n) is 21.1. The summed E-state index contributed by atoms with van der Waals surface area (Å²) in [7, 11) is 1.75. The molecule has 5 heterocycles. The van der Waals surface area contributed by atoms with Crippen LogP contribution < -0.4 is 26.6 Å². The van der Waals surface area contributed by atoms with Gasteiger partial charge in [0, 0.05) is 50.6 Å². The minimum absolute atomic E-state index is 0.0543. The van der Waals surface area contributed by atoms with E-state index < -0.39 is 0 Å². The van der Waals surface area contributed by atoms with Gasteiger partial charge in [0.05, 0.1) is 22.9 Å². The van der Waals surface area contributed by atoms with E-state index >= 15 is 0 Å². The SMILES string of the molecule is COC1CNC(Cl)CC1C1CC(C)NCC1C(=O)NC1NC2CN(C(=O)C3NCCCC3Cl)CC2S1. The molecule has 5 rings (SSSR count). The second-order valence-corrected chi connectivity index (χ2v) is 13.5. The number of methoxy groups -OCH3 is 1. The first-order chi connectivity index (χ1) is 17.3. The number of alkyl halides is 2. The van der Waals surface area contributed by atoms with Gasteiger partial charge in [-0.3, -0.25) is 20.2 Å². The van der Waals surface area contributed by atoms with E-state index in [1.807, 2.05) is 4.90 Å². The van der Waals surface area contributed by atoms with Crippen LogP contribution in [-0.2, 0) is 14.3 Å². The van der Waals surface area contributed by atoms with Crippen molar-refractivity contribution in [3.63, 3.8) is 0 Å². The van der Waals surface area contributed by atoms with Crippen molar-refractivity contribution in [3.05, 3.63) is 0 Å². The molecular weight excluding hydrogens is 523 g/mol. The number of fused-ring (bicyclic) bond motifs is 1. The monoisotopic (exact) mass is 562 g/mol. The summed E-state index contributed by atoms with van der Waals surface area (Å²) in [4.78, 5) is 28.5. The number of piperidine rings is 3. The number of likely N-dealkylation sites (tertiary alicyclic amines) is 1. The van der Waals surface area contributed by atoms with Gasteiger partial charge in [0.1, 0.15) is 11.5 Å². The molecule has 0 bridgehead atoms. The Morgan fingerprint density at radius 3 is 2.67 bits per heavy atom. The van der Waals surface area contributed by atoms with Crippen LogP contribution in [0.4, 0.5) is 0 Å². The van der Waals surface area contributed by atoms with E-state index in [2.05, 4.69) is 33.5 Å². The van der Waals surface area contributed by atoms with Crippen LogP contribution in [0.5, 0.6) is 0 Å². The molecule has 5 fully saturated rings. The Morgan fingerprint density at radius 1 is 1.08 bits per heavy atom. The molecule has 0 saturated carbocycles. The van der Waals surface area contributed by atoms with Gasteiger partial charge in [0.15, 0.2) is 0 Å². The molecule has 0 aliphatic carbocycles. The molecule has 5 aliphatic rings. The lowest BCUT2D eigenvalue weighted by Crippen LogP contribution is -2.57. The van der Waals surface area contributed by atoms with Gasteiger partial charge in [-0.15, -0.1) is 35.0 Å². The minimum Gasteiger partial charge on any atom is -0.380 e. The van der Waals surface area contributed by atoms with Crippen molar-refractivity contribution in [1.29, 1.82) is 0 Å². The Hall–Kier alpha value is -0.330. The lowest BCUT2D eigenvalue weighted by atomic mass is 9.70. The van der Waals surface area contributed by atoms with Gasteiger partial charge < -0.3 is 25.6 Å². The molecule has 0 aromatic rings. The summed E-state index contributed by atoms with van der Waals surface area (Å²) in [6.45, 7) is 5.72. The Morgan fingerprint density at radius 2 is 1.92 bits per heavy atom. The van der Waals surface area contributed by atoms with Gasteiger partial charge in [0.2, 0.25) is 11.8 Å². The first-order valence-corrected chi connectivity index (χ1v) is 15.2. The summed E-state index contributed by atoms with van der Waals surface area (Å²) in [5.74, 6) is 0.490. The van der Waals surface area contributed by atoms with Gasteiger partial charge in [0.25, 0.3) is 0 Å². The summed E-state index contributed by atoms with van der Waals surface area (Å²) in [5, 5.41) is 17.0. The highest BCUT2D eigenvalue weighted by atomic mass is 35.5. The maximum Gasteiger partial charge on any atom is 0.241 e. The van der Waals surface area contributed by atoms with Gasteiger partial charge in [-0.1, -0.05) is 0 Å². The quantitative estimate of drug-likeness (QED) is 0.243. The van der Waals surface area contributed by atoms with Gasteiger partial charge in [-0.05, 0) is 51.0 Å². The van der Waals surface area contributed by atoms with Crippen LogP contribution in [-0.4, -0.2) is 102 Å². The second kappa shape index (κ2) is 11.8. The molecule has 11 unspecified atom stereocenters. The Bertz CT molecular complexity index is 800. The second-order valence-electron chi connectivity index (χ2n) is 11.0. The predicted octanol–water partition coefficient (Wildman–Crippen LogP) is 0.465. The van der Waals surface area contributed by atoms with Crippen LogP contribution in [0, 0.1) is 17.8 Å². The zero-order valence-corrected chi connectivity index (χ0v) is 23.4. The Kier molecular flexibility index (Phi) is 8.94. The summed E-state index contributed by atoms with van der Waals surface area (Å²) < 4.78 is 5.80. The van der Waals surface area contributed by atoms with E-state index in [0.29, 0.717) is 32.2 Å². The maximum absolute atomic E-state index is 13.5. The third-order valence-corrected chi connectivity index (χ3v) is 10.8. The fourth-order valence-electron chi connectivity index (χ4n) is 6.73. The fourth-order valence-corrected chi connectivity index (χ4v) is 8.79. The number of thioether (sulfide) groups is 1. The van der Waals surface area contributed by atoms with Crippen molar-refractivity contribution in [1.82, 2.24) is 31.5 Å². The van der Waals surface area contributed by atoms with Crippen LogP contribution >= 0.6 is 35.0 Å². The summed E-state index contributed by atoms with van der Waals surface area (Å²) >= 11 is 14.6. The molecule has 11 atom stereocenters. The highest BCUT2D eigenvalue weighted by Crippen LogP contribution is 2.38. The summed E-state index contributed by atoms with van der Waals surface area (Å²) in [6, 6.07) is 0.228. The number of carbonyl (C=O) groups excluding carboxylic acids is 2. The van der Waals surface area contributed by atoms with E-state index in [9.17, 15) is 9.59 Å². The molecular formula is C24H40Cl2N6O3S. The molecule has 0 radical (unpaired) electrons. The summed E-state index contributed by atoms with van der Waals surface area (Å²) in [6.07, 6.45) is 3.66. The van der Waals surface area contributed by atoms with Gasteiger partial charge in [-0.2, -0.15) is 0 Å². The predicted molar refractivity (Wildman–Crippen MR) is 143 cm³/mol. The van der Waals surface area contributed by atoms with Crippen LogP contribution in [0.15, 0.2) is 0 Å². The van der Waals surface area contributed by atoms with E-state index in [1.165, 1.54) is 0 Å². The number of nitrogens with one attached hydrogen (secondary N) is 5. The number of nitrogens with zero attached hydrogens (tertiary/aromatic N) is 1. The molecule has 204 valence electrons. The minimum atomic E-state index is -0.295. The van der Waals surface area contributed by atoms with Gasteiger partial charge >= 0.3 is 0 Å². The Balaban J connectivity index is 1.17. The van der Waals surface area contributed by atoms with Crippen LogP contribution in [0.3, 0.4) is 0 Å². The fraction of sp³-hybridized carbons (Fsp3) is 0.917. The number of hydrogen-bond acceptors (Lipinski definition) is 8. The van der Waals surface area contributed by atoms with Crippen molar-refractivity contribution >= 4 is 46.8 Å². The molecule has 5 saturated heterocycles. The van der Waals surface area contributed by atoms with Crippen molar-refractivity contribution in [2.75, 3.05) is 39.8 Å². The van der Waals surface area contributed by atoms with Crippen LogP contribution in [0.25, 0.3) is 0 Å². The molecule has 0 aromatic carbocycles. The van der Waals surface area contributed by atoms with E-state index in [1.54, 1.807) is 18.9 Å². The largest absolute Gasteiger partial charge is 0.380 e. The van der Waals surface area contributed by atoms with Crippen molar-refractivity contribution in [2.24, 2.45) is 17.8 Å². The lowest BCUT2D eigenvalue weighted by molar-refractivity contribution is -0.133. The average molecular weight is 564 g/mol. The van der Waals surface area contributed by atoms with E-state index in [-0.39, 0.29) is 69.4 Å². The molecule has 9 nitrogen and oxygen atoms in total. The standard InChI is InChI=1S/C24H40Cl2N6O3S/c1-12-6-13(14-7-20(26)29-9-18(14)35-2)15(8-28-12)22(33)31-24-30-17-10-32(11-19(17)36-24)23(34)21-16(25)4-3-5-27-21/h12-21,24,27-30H,3-11H2,1-2H3,(H,31,33). The molecule has 0 aromatic heterocycles. The number of amides is 2. The number of hydrogen-bond donors (Lipinski definition) is 5.